The molecule has 2 aromatic heterocycles. The predicted molar refractivity (Wildman–Crippen MR) is 52.5 cm³/mol. The van der Waals surface area contributed by atoms with E-state index in [4.69, 9.17) is 5.73 Å². The Hall–Kier alpha value is -1.62. The Morgan fingerprint density at radius 1 is 1.57 bits per heavy atom. The third kappa shape index (κ3) is 1.42. The van der Waals surface area contributed by atoms with Gasteiger partial charge in [0, 0.05) is 24.5 Å². The molecule has 0 amide bonds. The molecule has 0 aromatic carbocycles. The van der Waals surface area contributed by atoms with Gasteiger partial charge in [-0.25, -0.2) is 4.98 Å². The van der Waals surface area contributed by atoms with Gasteiger partial charge in [0.25, 0.3) is 0 Å². The van der Waals surface area contributed by atoms with Gasteiger partial charge in [-0.15, -0.1) is 0 Å². The van der Waals surface area contributed by atoms with Crippen LogP contribution in [0.5, 0.6) is 0 Å². The van der Waals surface area contributed by atoms with E-state index in [1.165, 1.54) is 0 Å². The summed E-state index contributed by atoms with van der Waals surface area (Å²) in [5.41, 5.74) is 7.75. The fourth-order valence-electron chi connectivity index (χ4n) is 1.49. The van der Waals surface area contributed by atoms with Crippen LogP contribution in [0.25, 0.3) is 0 Å². The average Bonchev–Trinajstić information content (AvgIpc) is 2.87. The second-order valence-electron chi connectivity index (χ2n) is 3.20. The summed E-state index contributed by atoms with van der Waals surface area (Å²) in [6, 6.07) is 0.217. The number of H-pyrrole nitrogens is 1. The largest absolute Gasteiger partial charge is 0.326 e. The molecule has 0 aliphatic carbocycles. The minimum atomic E-state index is 0.217. The standard InChI is InChI=1S/C9H13N5/c1-7(8-3-12-13-4-8)14-6-11-5-9(14)2-10/h3-7H,2,10H2,1H3,(H,12,13). The summed E-state index contributed by atoms with van der Waals surface area (Å²) in [6.45, 7) is 2.59. The zero-order valence-corrected chi connectivity index (χ0v) is 8.01. The molecule has 0 fully saturated rings. The third-order valence-electron chi connectivity index (χ3n) is 2.37. The van der Waals surface area contributed by atoms with E-state index >= 15 is 0 Å². The molecule has 2 rings (SSSR count). The van der Waals surface area contributed by atoms with Crippen molar-refractivity contribution in [3.8, 4) is 0 Å². The van der Waals surface area contributed by atoms with E-state index in [1.807, 2.05) is 17.0 Å². The van der Waals surface area contributed by atoms with Crippen LogP contribution < -0.4 is 5.73 Å². The van der Waals surface area contributed by atoms with Crippen molar-refractivity contribution in [2.45, 2.75) is 19.5 Å². The maximum atomic E-state index is 5.60. The Bertz CT molecular complexity index is 389. The number of nitrogens with one attached hydrogen (secondary N) is 1. The number of aromatic amines is 1. The van der Waals surface area contributed by atoms with Crippen LogP contribution in [0.2, 0.25) is 0 Å². The number of hydrogen-bond acceptors (Lipinski definition) is 3. The van der Waals surface area contributed by atoms with Gasteiger partial charge in [-0.3, -0.25) is 5.10 Å². The highest BCUT2D eigenvalue weighted by molar-refractivity contribution is 5.13. The molecule has 2 aromatic rings. The Balaban J connectivity index is 2.31. The lowest BCUT2D eigenvalue weighted by Gasteiger charge is -2.13. The monoisotopic (exact) mass is 191 g/mol. The quantitative estimate of drug-likeness (QED) is 0.749. The molecule has 1 atom stereocenters. The van der Waals surface area contributed by atoms with Gasteiger partial charge in [0.2, 0.25) is 0 Å². The first-order valence-corrected chi connectivity index (χ1v) is 4.52. The van der Waals surface area contributed by atoms with Gasteiger partial charge in [0.1, 0.15) is 0 Å². The van der Waals surface area contributed by atoms with Crippen LogP contribution in [0.15, 0.2) is 24.9 Å². The highest BCUT2D eigenvalue weighted by Crippen LogP contribution is 2.17. The molecular weight excluding hydrogens is 178 g/mol. The second-order valence-corrected chi connectivity index (χ2v) is 3.20. The van der Waals surface area contributed by atoms with Crippen molar-refractivity contribution in [2.75, 3.05) is 0 Å². The summed E-state index contributed by atoms with van der Waals surface area (Å²) in [6.07, 6.45) is 7.27. The van der Waals surface area contributed by atoms with E-state index in [2.05, 4.69) is 22.1 Å². The fourth-order valence-corrected chi connectivity index (χ4v) is 1.49. The summed E-state index contributed by atoms with van der Waals surface area (Å²) >= 11 is 0. The first-order valence-electron chi connectivity index (χ1n) is 4.52. The molecule has 5 nitrogen and oxygen atoms in total. The number of nitrogens with zero attached hydrogens (tertiary/aromatic N) is 3. The zero-order chi connectivity index (χ0) is 9.97. The van der Waals surface area contributed by atoms with Gasteiger partial charge in [-0.1, -0.05) is 0 Å². The number of aromatic nitrogens is 4. The smallest absolute Gasteiger partial charge is 0.0954 e. The van der Waals surface area contributed by atoms with Crippen molar-refractivity contribution in [2.24, 2.45) is 5.73 Å². The van der Waals surface area contributed by atoms with Gasteiger partial charge in [0.15, 0.2) is 0 Å². The third-order valence-corrected chi connectivity index (χ3v) is 2.37. The van der Waals surface area contributed by atoms with E-state index in [0.717, 1.165) is 11.3 Å². The van der Waals surface area contributed by atoms with E-state index in [-0.39, 0.29) is 6.04 Å². The Morgan fingerprint density at radius 3 is 3.07 bits per heavy atom. The lowest BCUT2D eigenvalue weighted by atomic mass is 10.2. The summed E-state index contributed by atoms with van der Waals surface area (Å²) in [7, 11) is 0. The molecule has 0 spiro atoms. The normalized spacial score (nSPS) is 13.0. The molecular formula is C9H13N5. The summed E-state index contributed by atoms with van der Waals surface area (Å²) in [5, 5.41) is 6.71. The van der Waals surface area contributed by atoms with E-state index < -0.39 is 0 Å². The first kappa shape index (κ1) is 8.96. The van der Waals surface area contributed by atoms with Gasteiger partial charge in [0.05, 0.1) is 24.3 Å². The van der Waals surface area contributed by atoms with Gasteiger partial charge >= 0.3 is 0 Å². The molecule has 0 aliphatic heterocycles. The lowest BCUT2D eigenvalue weighted by Crippen LogP contribution is -2.11. The van der Waals surface area contributed by atoms with Crippen molar-refractivity contribution in [1.82, 2.24) is 19.7 Å². The number of imidazole rings is 1. The Kier molecular flexibility index (Phi) is 2.32. The van der Waals surface area contributed by atoms with E-state index in [0.29, 0.717) is 6.54 Å². The van der Waals surface area contributed by atoms with Crippen molar-refractivity contribution >= 4 is 0 Å². The highest BCUT2D eigenvalue weighted by atomic mass is 15.1. The van der Waals surface area contributed by atoms with Gasteiger partial charge in [-0.05, 0) is 6.92 Å². The molecule has 5 heteroatoms. The Labute approximate surface area is 82.0 Å². The van der Waals surface area contributed by atoms with Crippen LogP contribution in [0.3, 0.4) is 0 Å². The lowest BCUT2D eigenvalue weighted by molar-refractivity contribution is 0.609. The average molecular weight is 191 g/mol. The highest BCUT2D eigenvalue weighted by Gasteiger charge is 2.11. The maximum absolute atomic E-state index is 5.60. The van der Waals surface area contributed by atoms with Crippen molar-refractivity contribution in [1.29, 1.82) is 0 Å². The van der Waals surface area contributed by atoms with Crippen LogP contribution in [-0.2, 0) is 6.54 Å². The zero-order valence-electron chi connectivity index (χ0n) is 8.01. The minimum absolute atomic E-state index is 0.217. The van der Waals surface area contributed by atoms with Crippen LogP contribution in [-0.4, -0.2) is 19.7 Å². The van der Waals surface area contributed by atoms with Crippen LogP contribution in [0.4, 0.5) is 0 Å². The van der Waals surface area contributed by atoms with Crippen molar-refractivity contribution < 1.29 is 0 Å². The molecule has 14 heavy (non-hydrogen) atoms. The first-order chi connectivity index (χ1) is 6.83. The molecule has 0 bridgehead atoms. The summed E-state index contributed by atoms with van der Waals surface area (Å²) < 4.78 is 2.05. The van der Waals surface area contributed by atoms with E-state index in [1.54, 1.807) is 12.5 Å². The predicted octanol–water partition coefficient (Wildman–Crippen LogP) is 0.674. The molecule has 3 N–H and O–H groups in total. The van der Waals surface area contributed by atoms with E-state index in [9.17, 15) is 0 Å². The van der Waals surface area contributed by atoms with Gasteiger partial charge in [-0.2, -0.15) is 5.10 Å². The second kappa shape index (κ2) is 3.63. The minimum Gasteiger partial charge on any atom is -0.326 e. The van der Waals surface area contributed by atoms with Crippen LogP contribution in [0, 0.1) is 0 Å². The topological polar surface area (TPSA) is 72.5 Å². The molecule has 0 aliphatic rings. The number of nitrogens with two attached hydrogens (primary N) is 1. The fraction of sp³-hybridized carbons (Fsp3) is 0.333. The molecule has 0 saturated heterocycles. The Morgan fingerprint density at radius 2 is 2.43 bits per heavy atom. The SMILES string of the molecule is CC(c1cn[nH]c1)n1cncc1CN. The molecule has 2 heterocycles. The molecule has 0 radical (unpaired) electrons. The summed E-state index contributed by atoms with van der Waals surface area (Å²) in [5.74, 6) is 0. The molecule has 1 unspecified atom stereocenters. The molecule has 0 saturated carbocycles. The maximum Gasteiger partial charge on any atom is 0.0954 e. The van der Waals surface area contributed by atoms with Crippen LogP contribution in [0.1, 0.15) is 24.2 Å². The van der Waals surface area contributed by atoms with Crippen LogP contribution >= 0.6 is 0 Å². The number of rotatable bonds is 3. The van der Waals surface area contributed by atoms with Crippen molar-refractivity contribution in [3.05, 3.63) is 36.2 Å². The van der Waals surface area contributed by atoms with Gasteiger partial charge < -0.3 is 10.3 Å². The summed E-state index contributed by atoms with van der Waals surface area (Å²) in [4.78, 5) is 4.08. The molecule has 74 valence electrons. The number of hydrogen-bond donors (Lipinski definition) is 2. The van der Waals surface area contributed by atoms with Crippen molar-refractivity contribution in [3.63, 3.8) is 0 Å².